The number of nitrogens with zero attached hydrogens (tertiary/aromatic N) is 2. The molecule has 11 heteroatoms. The molecule has 1 aromatic rings. The van der Waals surface area contributed by atoms with Crippen LogP contribution in [0.3, 0.4) is 0 Å². The molecule has 2 amide bonds. The Bertz CT molecular complexity index is 959. The van der Waals surface area contributed by atoms with Gasteiger partial charge in [-0.1, -0.05) is 5.92 Å². The van der Waals surface area contributed by atoms with Crippen LogP contribution in [0.25, 0.3) is 0 Å². The van der Waals surface area contributed by atoms with Crippen LogP contribution in [0.5, 0.6) is 5.75 Å². The highest BCUT2D eigenvalue weighted by atomic mass is 32.2. The van der Waals surface area contributed by atoms with Gasteiger partial charge in [-0.25, -0.2) is 18.7 Å². The van der Waals surface area contributed by atoms with E-state index in [2.05, 4.69) is 11.8 Å². The zero-order chi connectivity index (χ0) is 23.2. The van der Waals surface area contributed by atoms with Gasteiger partial charge in [0.15, 0.2) is 0 Å². The van der Waals surface area contributed by atoms with Crippen LogP contribution in [0.4, 0.5) is 4.79 Å². The first-order chi connectivity index (χ1) is 14.5. The van der Waals surface area contributed by atoms with Gasteiger partial charge in [0.25, 0.3) is 5.91 Å². The molecule has 2 rings (SSSR count). The highest BCUT2D eigenvalue weighted by Crippen LogP contribution is 2.24. The SMILES string of the molecule is CC#CCOc1ccc(S(=O)(=O)N2CCN(C(=O)OC(C)(C)C)CC2C(=O)NO)cc1. The molecule has 0 radical (unpaired) electrons. The van der Waals surface area contributed by atoms with Crippen molar-refractivity contribution in [2.24, 2.45) is 0 Å². The molecule has 0 aliphatic carbocycles. The number of piperazine rings is 1. The van der Waals surface area contributed by atoms with Gasteiger partial charge in [0, 0.05) is 19.6 Å². The van der Waals surface area contributed by atoms with E-state index < -0.39 is 33.7 Å². The van der Waals surface area contributed by atoms with Crippen LogP contribution in [0.2, 0.25) is 0 Å². The number of carbonyl (C=O) groups is 2. The fraction of sp³-hybridized carbons (Fsp3) is 0.500. The maximum absolute atomic E-state index is 13.2. The number of hydrogen-bond acceptors (Lipinski definition) is 7. The molecule has 1 aromatic carbocycles. The molecule has 1 heterocycles. The maximum atomic E-state index is 13.2. The zero-order valence-corrected chi connectivity index (χ0v) is 18.7. The first kappa shape index (κ1) is 24.5. The Morgan fingerprint density at radius 1 is 1.23 bits per heavy atom. The molecule has 0 bridgehead atoms. The van der Waals surface area contributed by atoms with E-state index in [0.29, 0.717) is 5.75 Å². The normalized spacial score (nSPS) is 17.3. The molecule has 1 atom stereocenters. The van der Waals surface area contributed by atoms with Crippen molar-refractivity contribution in [3.05, 3.63) is 24.3 Å². The minimum absolute atomic E-state index is 0.0280. The molecule has 0 aromatic heterocycles. The highest BCUT2D eigenvalue weighted by molar-refractivity contribution is 7.89. The van der Waals surface area contributed by atoms with E-state index in [9.17, 15) is 18.0 Å². The summed E-state index contributed by atoms with van der Waals surface area (Å²) in [5.74, 6) is 4.92. The van der Waals surface area contributed by atoms with Gasteiger partial charge in [-0.3, -0.25) is 10.0 Å². The number of carbonyl (C=O) groups excluding carboxylic acids is 2. The van der Waals surface area contributed by atoms with Crippen molar-refractivity contribution < 1.29 is 32.7 Å². The van der Waals surface area contributed by atoms with E-state index in [0.717, 1.165) is 4.31 Å². The third-order valence-corrected chi connectivity index (χ3v) is 6.24. The Labute approximate surface area is 182 Å². The van der Waals surface area contributed by atoms with Crippen LogP contribution in [0, 0.1) is 11.8 Å². The Kier molecular flexibility index (Phi) is 7.89. The second-order valence-corrected chi connectivity index (χ2v) is 9.61. The van der Waals surface area contributed by atoms with E-state index >= 15 is 0 Å². The van der Waals surface area contributed by atoms with Crippen LogP contribution >= 0.6 is 0 Å². The van der Waals surface area contributed by atoms with Crippen molar-refractivity contribution in [2.45, 2.75) is 44.2 Å². The third kappa shape index (κ3) is 6.33. The number of sulfonamides is 1. The van der Waals surface area contributed by atoms with Gasteiger partial charge in [0.2, 0.25) is 10.0 Å². The molecule has 2 N–H and O–H groups in total. The van der Waals surface area contributed by atoms with Crippen LogP contribution < -0.4 is 10.2 Å². The van der Waals surface area contributed by atoms with E-state index in [-0.39, 0.29) is 31.1 Å². The monoisotopic (exact) mass is 453 g/mol. The maximum Gasteiger partial charge on any atom is 0.410 e. The predicted octanol–water partition coefficient (Wildman–Crippen LogP) is 1.20. The number of hydroxylamine groups is 1. The van der Waals surface area contributed by atoms with Gasteiger partial charge in [0.1, 0.15) is 24.0 Å². The topological polar surface area (TPSA) is 125 Å². The van der Waals surface area contributed by atoms with Crippen molar-refractivity contribution in [1.82, 2.24) is 14.7 Å². The van der Waals surface area contributed by atoms with Crippen molar-refractivity contribution >= 4 is 22.0 Å². The molecule has 10 nitrogen and oxygen atoms in total. The quantitative estimate of drug-likeness (QED) is 0.390. The average Bonchev–Trinajstić information content (AvgIpc) is 2.72. The summed E-state index contributed by atoms with van der Waals surface area (Å²) in [5.41, 5.74) is 0.729. The van der Waals surface area contributed by atoms with Crippen molar-refractivity contribution in [3.63, 3.8) is 0 Å². The van der Waals surface area contributed by atoms with Crippen molar-refractivity contribution in [1.29, 1.82) is 0 Å². The summed E-state index contributed by atoms with van der Waals surface area (Å²) in [4.78, 5) is 25.8. The number of ether oxygens (including phenoxy) is 2. The number of hydrogen-bond donors (Lipinski definition) is 2. The predicted molar refractivity (Wildman–Crippen MR) is 111 cm³/mol. The molecule has 31 heavy (non-hydrogen) atoms. The van der Waals surface area contributed by atoms with E-state index in [1.807, 2.05) is 0 Å². The van der Waals surface area contributed by atoms with Gasteiger partial charge in [-0.05, 0) is 52.0 Å². The van der Waals surface area contributed by atoms with Crippen LogP contribution in [0.1, 0.15) is 27.7 Å². The van der Waals surface area contributed by atoms with Gasteiger partial charge in [-0.15, -0.1) is 5.92 Å². The van der Waals surface area contributed by atoms with Crippen LogP contribution in [-0.2, 0) is 19.6 Å². The summed E-state index contributed by atoms with van der Waals surface area (Å²) in [6.45, 7) is 6.57. The lowest BCUT2D eigenvalue weighted by atomic mass is 10.2. The minimum Gasteiger partial charge on any atom is -0.481 e. The Hall–Kier alpha value is -2.81. The highest BCUT2D eigenvalue weighted by Gasteiger charge is 2.42. The zero-order valence-electron chi connectivity index (χ0n) is 17.9. The first-order valence-corrected chi connectivity index (χ1v) is 11.0. The number of nitrogens with one attached hydrogen (secondary N) is 1. The lowest BCUT2D eigenvalue weighted by Crippen LogP contribution is -2.61. The number of rotatable bonds is 5. The molecule has 1 saturated heterocycles. The first-order valence-electron chi connectivity index (χ1n) is 9.56. The second kappa shape index (κ2) is 10.00. The molecular weight excluding hydrogens is 426 g/mol. The minimum atomic E-state index is -4.09. The molecular formula is C20H27N3O7S. The van der Waals surface area contributed by atoms with Crippen molar-refractivity contribution in [3.8, 4) is 17.6 Å². The van der Waals surface area contributed by atoms with E-state index in [1.165, 1.54) is 34.6 Å². The third-order valence-electron chi connectivity index (χ3n) is 4.31. The second-order valence-electron chi connectivity index (χ2n) is 7.72. The summed E-state index contributed by atoms with van der Waals surface area (Å²) in [6, 6.07) is 4.37. The average molecular weight is 454 g/mol. The molecule has 1 aliphatic rings. The largest absolute Gasteiger partial charge is 0.481 e. The van der Waals surface area contributed by atoms with Crippen molar-refractivity contribution in [2.75, 3.05) is 26.2 Å². The number of benzene rings is 1. The standard InChI is InChI=1S/C20H27N3O7S/c1-5-6-13-29-15-7-9-16(10-8-15)31(27,28)23-12-11-22(14-17(23)18(24)21-26)19(25)30-20(2,3)4/h7-10,17,26H,11-14H2,1-4H3,(H,21,24). The summed E-state index contributed by atoms with van der Waals surface area (Å²) < 4.78 is 38.0. The van der Waals surface area contributed by atoms with Gasteiger partial charge >= 0.3 is 6.09 Å². The van der Waals surface area contributed by atoms with E-state index in [4.69, 9.17) is 14.7 Å². The lowest BCUT2D eigenvalue weighted by Gasteiger charge is -2.39. The lowest BCUT2D eigenvalue weighted by molar-refractivity contribution is -0.134. The fourth-order valence-corrected chi connectivity index (χ4v) is 4.44. The van der Waals surface area contributed by atoms with Crippen LogP contribution in [-0.4, -0.2) is 72.7 Å². The summed E-state index contributed by atoms with van der Waals surface area (Å²) >= 11 is 0. The summed E-state index contributed by atoms with van der Waals surface area (Å²) in [7, 11) is -4.09. The van der Waals surface area contributed by atoms with Gasteiger partial charge in [-0.2, -0.15) is 4.31 Å². The Morgan fingerprint density at radius 2 is 1.87 bits per heavy atom. The molecule has 0 spiro atoms. The molecule has 1 unspecified atom stereocenters. The summed E-state index contributed by atoms with van der Waals surface area (Å²) in [5, 5.41) is 9.11. The van der Waals surface area contributed by atoms with E-state index in [1.54, 1.807) is 27.7 Å². The molecule has 170 valence electrons. The smallest absolute Gasteiger partial charge is 0.410 e. The summed E-state index contributed by atoms with van der Waals surface area (Å²) in [6.07, 6.45) is -0.669. The Morgan fingerprint density at radius 3 is 2.42 bits per heavy atom. The molecule has 1 fully saturated rings. The molecule has 1 aliphatic heterocycles. The number of amides is 2. The van der Waals surface area contributed by atoms with Crippen LogP contribution in [0.15, 0.2) is 29.2 Å². The fourth-order valence-electron chi connectivity index (χ4n) is 2.87. The van der Waals surface area contributed by atoms with Gasteiger partial charge in [0.05, 0.1) is 4.90 Å². The Balaban J connectivity index is 2.23. The molecule has 0 saturated carbocycles. The van der Waals surface area contributed by atoms with Gasteiger partial charge < -0.3 is 14.4 Å².